The van der Waals surface area contributed by atoms with Crippen LogP contribution in [0.4, 0.5) is 0 Å². The van der Waals surface area contributed by atoms with Crippen molar-refractivity contribution in [2.24, 2.45) is 0 Å². The van der Waals surface area contributed by atoms with Crippen molar-refractivity contribution in [3.8, 4) is 11.4 Å². The Labute approximate surface area is 127 Å². The molecule has 22 heavy (non-hydrogen) atoms. The molecule has 0 saturated carbocycles. The average molecular weight is 298 g/mol. The number of nitrogens with zero attached hydrogens (tertiary/aromatic N) is 1. The van der Waals surface area contributed by atoms with Crippen LogP contribution >= 0.6 is 0 Å². The predicted molar refractivity (Wildman–Crippen MR) is 84.5 cm³/mol. The number of fused-ring (bicyclic) bond motifs is 1. The molecule has 3 rings (SSSR count). The van der Waals surface area contributed by atoms with Crippen LogP contribution in [0.15, 0.2) is 36.5 Å². The number of benzene rings is 1. The van der Waals surface area contributed by atoms with E-state index in [1.165, 1.54) is 0 Å². The van der Waals surface area contributed by atoms with Crippen molar-refractivity contribution in [3.05, 3.63) is 42.1 Å². The Kier molecular flexibility index (Phi) is 4.20. The number of unbranched alkanes of at least 4 members (excludes halogenated alkanes) is 1. The molecule has 0 saturated heterocycles. The fourth-order valence-electron chi connectivity index (χ4n) is 2.44. The van der Waals surface area contributed by atoms with Crippen LogP contribution in [0.2, 0.25) is 0 Å². The maximum Gasteiger partial charge on any atom is 0.251 e. The van der Waals surface area contributed by atoms with Gasteiger partial charge in [0.05, 0.1) is 11.4 Å². The van der Waals surface area contributed by atoms with Gasteiger partial charge in [-0.15, -0.1) is 0 Å². The van der Waals surface area contributed by atoms with Crippen LogP contribution in [0, 0.1) is 0 Å². The SMILES string of the molecule is O=C(NCCCCO)c1cccc2[nH]c(-c3ccn[nH]3)cc12. The first-order valence-electron chi connectivity index (χ1n) is 7.30. The molecule has 0 aliphatic rings. The van der Waals surface area contributed by atoms with Gasteiger partial charge in [0, 0.05) is 35.8 Å². The zero-order valence-electron chi connectivity index (χ0n) is 12.1. The van der Waals surface area contributed by atoms with E-state index < -0.39 is 0 Å². The summed E-state index contributed by atoms with van der Waals surface area (Å²) in [5.41, 5.74) is 3.33. The van der Waals surface area contributed by atoms with Crippen molar-refractivity contribution >= 4 is 16.8 Å². The maximum atomic E-state index is 12.3. The summed E-state index contributed by atoms with van der Waals surface area (Å²) in [4.78, 5) is 15.6. The number of aromatic nitrogens is 3. The number of aromatic amines is 2. The third-order valence-corrected chi connectivity index (χ3v) is 3.57. The van der Waals surface area contributed by atoms with E-state index in [2.05, 4.69) is 20.5 Å². The van der Waals surface area contributed by atoms with Crippen molar-refractivity contribution in [1.29, 1.82) is 0 Å². The maximum absolute atomic E-state index is 12.3. The number of carbonyl (C=O) groups excluding carboxylic acids is 1. The molecular weight excluding hydrogens is 280 g/mol. The highest BCUT2D eigenvalue weighted by molar-refractivity contribution is 6.07. The van der Waals surface area contributed by atoms with Crippen LogP contribution in [0.5, 0.6) is 0 Å². The van der Waals surface area contributed by atoms with E-state index in [0.29, 0.717) is 18.5 Å². The van der Waals surface area contributed by atoms with E-state index in [1.807, 2.05) is 30.3 Å². The highest BCUT2D eigenvalue weighted by atomic mass is 16.2. The molecule has 0 aliphatic carbocycles. The van der Waals surface area contributed by atoms with Gasteiger partial charge in [0.15, 0.2) is 0 Å². The smallest absolute Gasteiger partial charge is 0.251 e. The summed E-state index contributed by atoms with van der Waals surface area (Å²) in [6.45, 7) is 0.713. The second-order valence-electron chi connectivity index (χ2n) is 5.11. The summed E-state index contributed by atoms with van der Waals surface area (Å²) >= 11 is 0. The van der Waals surface area contributed by atoms with Gasteiger partial charge in [0.2, 0.25) is 0 Å². The van der Waals surface area contributed by atoms with E-state index in [1.54, 1.807) is 6.20 Å². The Bertz CT molecular complexity index is 762. The largest absolute Gasteiger partial charge is 0.396 e. The topological polar surface area (TPSA) is 93.8 Å². The van der Waals surface area contributed by atoms with Gasteiger partial charge in [-0.3, -0.25) is 9.89 Å². The van der Waals surface area contributed by atoms with Crippen molar-refractivity contribution in [1.82, 2.24) is 20.5 Å². The quantitative estimate of drug-likeness (QED) is 0.525. The number of rotatable bonds is 6. The first-order chi connectivity index (χ1) is 10.8. The molecule has 0 atom stereocenters. The molecule has 0 spiro atoms. The van der Waals surface area contributed by atoms with E-state index in [0.717, 1.165) is 28.7 Å². The zero-order chi connectivity index (χ0) is 15.4. The molecule has 1 amide bonds. The Morgan fingerprint density at radius 3 is 2.91 bits per heavy atom. The summed E-state index contributed by atoms with van der Waals surface area (Å²) in [5, 5.41) is 19.4. The minimum atomic E-state index is -0.0984. The van der Waals surface area contributed by atoms with Gasteiger partial charge in [-0.1, -0.05) is 6.07 Å². The molecule has 6 heteroatoms. The first kappa shape index (κ1) is 14.3. The molecule has 0 aliphatic heterocycles. The second-order valence-corrected chi connectivity index (χ2v) is 5.11. The number of hydrogen-bond donors (Lipinski definition) is 4. The molecule has 1 aromatic carbocycles. The van der Waals surface area contributed by atoms with E-state index in [4.69, 9.17) is 5.11 Å². The number of aliphatic hydroxyl groups is 1. The van der Waals surface area contributed by atoms with E-state index in [9.17, 15) is 4.79 Å². The van der Waals surface area contributed by atoms with Gasteiger partial charge >= 0.3 is 0 Å². The Balaban J connectivity index is 1.85. The monoisotopic (exact) mass is 298 g/mol. The fraction of sp³-hybridized carbons (Fsp3) is 0.250. The van der Waals surface area contributed by atoms with Gasteiger partial charge in [0.25, 0.3) is 5.91 Å². The lowest BCUT2D eigenvalue weighted by atomic mass is 10.1. The van der Waals surface area contributed by atoms with Crippen LogP contribution in [-0.4, -0.2) is 39.3 Å². The van der Waals surface area contributed by atoms with Crippen LogP contribution in [0.1, 0.15) is 23.2 Å². The van der Waals surface area contributed by atoms with Crippen LogP contribution < -0.4 is 5.32 Å². The molecule has 6 nitrogen and oxygen atoms in total. The van der Waals surface area contributed by atoms with Crippen LogP contribution in [0.3, 0.4) is 0 Å². The molecule has 0 unspecified atom stereocenters. The lowest BCUT2D eigenvalue weighted by Gasteiger charge is -2.05. The molecular formula is C16H18N4O2. The van der Waals surface area contributed by atoms with Gasteiger partial charge in [0.1, 0.15) is 0 Å². The minimum absolute atomic E-state index is 0.0984. The molecule has 3 aromatic rings. The highest BCUT2D eigenvalue weighted by Crippen LogP contribution is 2.25. The number of amides is 1. The number of hydrogen-bond acceptors (Lipinski definition) is 3. The average Bonchev–Trinajstić information content (AvgIpc) is 3.18. The number of nitrogens with one attached hydrogen (secondary N) is 3. The highest BCUT2D eigenvalue weighted by Gasteiger charge is 2.12. The third-order valence-electron chi connectivity index (χ3n) is 3.57. The number of H-pyrrole nitrogens is 2. The van der Waals surface area contributed by atoms with Gasteiger partial charge in [-0.05, 0) is 37.1 Å². The molecule has 4 N–H and O–H groups in total. The van der Waals surface area contributed by atoms with Gasteiger partial charge < -0.3 is 15.4 Å². The summed E-state index contributed by atoms with van der Waals surface area (Å²) in [5.74, 6) is -0.0984. The second kappa shape index (κ2) is 6.44. The van der Waals surface area contributed by atoms with Crippen LogP contribution in [-0.2, 0) is 0 Å². The molecule has 114 valence electrons. The van der Waals surface area contributed by atoms with E-state index in [-0.39, 0.29) is 12.5 Å². The molecule has 0 radical (unpaired) electrons. The molecule has 2 heterocycles. The Hall–Kier alpha value is -2.60. The summed E-state index contributed by atoms with van der Waals surface area (Å²) < 4.78 is 0. The van der Waals surface area contributed by atoms with Crippen molar-refractivity contribution in [3.63, 3.8) is 0 Å². The van der Waals surface area contributed by atoms with Crippen molar-refractivity contribution in [2.45, 2.75) is 12.8 Å². The van der Waals surface area contributed by atoms with Crippen LogP contribution in [0.25, 0.3) is 22.3 Å². The predicted octanol–water partition coefficient (Wildman–Crippen LogP) is 2.06. The van der Waals surface area contributed by atoms with Gasteiger partial charge in [-0.25, -0.2) is 0 Å². The third kappa shape index (κ3) is 2.87. The molecule has 0 fully saturated rings. The van der Waals surface area contributed by atoms with E-state index >= 15 is 0 Å². The molecule has 0 bridgehead atoms. The van der Waals surface area contributed by atoms with Gasteiger partial charge in [-0.2, -0.15) is 5.10 Å². The molecule has 2 aromatic heterocycles. The normalized spacial score (nSPS) is 11.0. The summed E-state index contributed by atoms with van der Waals surface area (Å²) in [6, 6.07) is 9.44. The minimum Gasteiger partial charge on any atom is -0.396 e. The lowest BCUT2D eigenvalue weighted by molar-refractivity contribution is 0.0953. The standard InChI is InChI=1S/C16H18N4O2/c21-9-2-1-7-17-16(22)11-4-3-5-13-12(11)10-15(19-13)14-6-8-18-20-14/h3-6,8,10,19,21H,1-2,7,9H2,(H,17,22)(H,18,20). The van der Waals surface area contributed by atoms with Crippen molar-refractivity contribution in [2.75, 3.05) is 13.2 Å². The Morgan fingerprint density at radius 1 is 1.23 bits per heavy atom. The van der Waals surface area contributed by atoms with Crippen molar-refractivity contribution < 1.29 is 9.90 Å². The first-order valence-corrected chi connectivity index (χ1v) is 7.30. The zero-order valence-corrected chi connectivity index (χ0v) is 12.1. The fourth-order valence-corrected chi connectivity index (χ4v) is 2.44. The summed E-state index contributed by atoms with van der Waals surface area (Å²) in [7, 11) is 0. The Morgan fingerprint density at radius 2 is 2.14 bits per heavy atom. The summed E-state index contributed by atoms with van der Waals surface area (Å²) in [6.07, 6.45) is 3.15. The number of aliphatic hydroxyl groups excluding tert-OH is 1. The number of carbonyl (C=O) groups is 1. The lowest BCUT2D eigenvalue weighted by Crippen LogP contribution is -2.24.